The van der Waals surface area contributed by atoms with Crippen LogP contribution in [0, 0.1) is 0 Å². The standard InChI is InChI=1S/C8H9NO2/c1-6-8(10)11-5-7-3-2-4-9(6)7/h2-4,6H,5H2,1H3/t6-/m0/s1. The van der Waals surface area contributed by atoms with Crippen molar-refractivity contribution in [1.82, 2.24) is 4.57 Å². The van der Waals surface area contributed by atoms with E-state index in [9.17, 15) is 4.79 Å². The Bertz CT molecular complexity index is 290. The van der Waals surface area contributed by atoms with Crippen molar-refractivity contribution in [3.63, 3.8) is 0 Å². The largest absolute Gasteiger partial charge is 0.458 e. The summed E-state index contributed by atoms with van der Waals surface area (Å²) in [7, 11) is 0. The highest BCUT2D eigenvalue weighted by molar-refractivity contribution is 5.74. The molecule has 3 heteroatoms. The van der Waals surface area contributed by atoms with Gasteiger partial charge in [-0.05, 0) is 19.1 Å². The Hall–Kier alpha value is -1.25. The molecule has 2 heterocycles. The molecule has 2 rings (SSSR count). The lowest BCUT2D eigenvalue weighted by atomic mass is 10.3. The number of hydrogen-bond donors (Lipinski definition) is 0. The van der Waals surface area contributed by atoms with Crippen LogP contribution in [0.5, 0.6) is 0 Å². The lowest BCUT2D eigenvalue weighted by Gasteiger charge is -2.21. The van der Waals surface area contributed by atoms with E-state index in [1.807, 2.05) is 29.8 Å². The predicted octanol–water partition coefficient (Wildman–Crippen LogP) is 1.11. The van der Waals surface area contributed by atoms with Crippen LogP contribution < -0.4 is 0 Å². The molecule has 0 spiro atoms. The summed E-state index contributed by atoms with van der Waals surface area (Å²) in [6, 6.07) is 3.73. The topological polar surface area (TPSA) is 31.2 Å². The van der Waals surface area contributed by atoms with Gasteiger partial charge in [0.1, 0.15) is 12.6 Å². The maximum atomic E-state index is 11.0. The zero-order chi connectivity index (χ0) is 7.84. The van der Waals surface area contributed by atoms with Gasteiger partial charge in [0.25, 0.3) is 0 Å². The zero-order valence-electron chi connectivity index (χ0n) is 6.28. The van der Waals surface area contributed by atoms with Crippen LogP contribution in [0.3, 0.4) is 0 Å². The van der Waals surface area contributed by atoms with Gasteiger partial charge in [0, 0.05) is 6.20 Å². The minimum Gasteiger partial charge on any atom is -0.458 e. The maximum absolute atomic E-state index is 11.0. The number of fused-ring (bicyclic) bond motifs is 1. The molecule has 0 radical (unpaired) electrons. The average Bonchev–Trinajstić information content (AvgIpc) is 2.45. The maximum Gasteiger partial charge on any atom is 0.329 e. The smallest absolute Gasteiger partial charge is 0.329 e. The van der Waals surface area contributed by atoms with Gasteiger partial charge in [-0.25, -0.2) is 4.79 Å². The molecule has 0 fully saturated rings. The summed E-state index contributed by atoms with van der Waals surface area (Å²) >= 11 is 0. The van der Waals surface area contributed by atoms with Gasteiger partial charge < -0.3 is 9.30 Å². The van der Waals surface area contributed by atoms with Crippen LogP contribution in [0.15, 0.2) is 18.3 Å². The quantitative estimate of drug-likeness (QED) is 0.520. The molecule has 0 N–H and O–H groups in total. The van der Waals surface area contributed by atoms with E-state index in [1.165, 1.54) is 0 Å². The molecule has 58 valence electrons. The van der Waals surface area contributed by atoms with E-state index < -0.39 is 0 Å². The van der Waals surface area contributed by atoms with Crippen molar-refractivity contribution in [2.75, 3.05) is 0 Å². The number of nitrogens with zero attached hydrogens (tertiary/aromatic N) is 1. The van der Waals surface area contributed by atoms with E-state index in [2.05, 4.69) is 0 Å². The fourth-order valence-corrected chi connectivity index (χ4v) is 1.31. The Morgan fingerprint density at radius 2 is 2.55 bits per heavy atom. The van der Waals surface area contributed by atoms with Gasteiger partial charge in [0.2, 0.25) is 0 Å². The molecule has 3 nitrogen and oxygen atoms in total. The summed E-state index contributed by atoms with van der Waals surface area (Å²) in [6.07, 6.45) is 1.90. The molecule has 0 bridgehead atoms. The molecule has 0 aromatic carbocycles. The molecule has 0 saturated heterocycles. The number of carbonyl (C=O) groups is 1. The van der Waals surface area contributed by atoms with Crippen LogP contribution in [0.25, 0.3) is 0 Å². The van der Waals surface area contributed by atoms with Crippen LogP contribution in [0.4, 0.5) is 0 Å². The number of esters is 1. The van der Waals surface area contributed by atoms with Crippen LogP contribution in [0.1, 0.15) is 18.7 Å². The van der Waals surface area contributed by atoms with E-state index in [-0.39, 0.29) is 12.0 Å². The number of cyclic esters (lactones) is 1. The molecular weight excluding hydrogens is 142 g/mol. The Balaban J connectivity index is 2.45. The second-order valence-electron chi connectivity index (χ2n) is 2.69. The number of hydrogen-bond acceptors (Lipinski definition) is 2. The van der Waals surface area contributed by atoms with Crippen molar-refractivity contribution in [3.05, 3.63) is 24.0 Å². The van der Waals surface area contributed by atoms with Gasteiger partial charge in [0.15, 0.2) is 0 Å². The first kappa shape index (κ1) is 6.46. The minimum absolute atomic E-state index is 0.145. The Kier molecular flexibility index (Phi) is 1.24. The molecule has 0 amide bonds. The van der Waals surface area contributed by atoms with E-state index in [0.717, 1.165) is 5.69 Å². The number of ether oxygens (including phenoxy) is 1. The van der Waals surface area contributed by atoms with E-state index in [0.29, 0.717) is 6.61 Å². The van der Waals surface area contributed by atoms with Crippen LogP contribution in [-0.2, 0) is 16.1 Å². The van der Waals surface area contributed by atoms with Gasteiger partial charge in [-0.1, -0.05) is 0 Å². The third kappa shape index (κ3) is 0.843. The van der Waals surface area contributed by atoms with Crippen molar-refractivity contribution in [3.8, 4) is 0 Å². The molecular formula is C8H9NO2. The molecule has 1 aromatic rings. The number of aromatic nitrogens is 1. The highest BCUT2D eigenvalue weighted by Crippen LogP contribution is 2.19. The van der Waals surface area contributed by atoms with E-state index in [4.69, 9.17) is 4.74 Å². The highest BCUT2D eigenvalue weighted by atomic mass is 16.5. The van der Waals surface area contributed by atoms with Crippen molar-refractivity contribution in [2.45, 2.75) is 19.6 Å². The van der Waals surface area contributed by atoms with Gasteiger partial charge in [-0.15, -0.1) is 0 Å². The Labute approximate surface area is 64.6 Å². The third-order valence-corrected chi connectivity index (χ3v) is 1.99. The molecule has 1 aliphatic rings. The lowest BCUT2D eigenvalue weighted by molar-refractivity contribution is -0.151. The summed E-state index contributed by atoms with van der Waals surface area (Å²) in [5.41, 5.74) is 1.07. The normalized spacial score (nSPS) is 22.6. The van der Waals surface area contributed by atoms with Crippen molar-refractivity contribution >= 4 is 5.97 Å². The number of rotatable bonds is 0. The van der Waals surface area contributed by atoms with E-state index in [1.54, 1.807) is 0 Å². The van der Waals surface area contributed by atoms with Crippen LogP contribution in [-0.4, -0.2) is 10.5 Å². The molecule has 1 aliphatic heterocycles. The SMILES string of the molecule is C[C@H]1C(=O)OCc2cccn21. The van der Waals surface area contributed by atoms with Crippen LogP contribution >= 0.6 is 0 Å². The lowest BCUT2D eigenvalue weighted by Crippen LogP contribution is -2.25. The Morgan fingerprint density at radius 1 is 1.73 bits per heavy atom. The van der Waals surface area contributed by atoms with Crippen molar-refractivity contribution < 1.29 is 9.53 Å². The molecule has 0 unspecified atom stereocenters. The highest BCUT2D eigenvalue weighted by Gasteiger charge is 2.23. The van der Waals surface area contributed by atoms with Gasteiger partial charge in [-0.2, -0.15) is 0 Å². The average molecular weight is 151 g/mol. The zero-order valence-corrected chi connectivity index (χ0v) is 6.28. The van der Waals surface area contributed by atoms with Crippen molar-refractivity contribution in [1.29, 1.82) is 0 Å². The fraction of sp³-hybridized carbons (Fsp3) is 0.375. The summed E-state index contributed by atoms with van der Waals surface area (Å²) in [5, 5.41) is 0. The number of carbonyl (C=O) groups excluding carboxylic acids is 1. The summed E-state index contributed by atoms with van der Waals surface area (Å²) in [4.78, 5) is 11.0. The molecule has 1 aromatic heterocycles. The summed E-state index contributed by atoms with van der Waals surface area (Å²) in [6.45, 7) is 2.25. The monoisotopic (exact) mass is 151 g/mol. The van der Waals surface area contributed by atoms with Gasteiger partial charge in [0.05, 0.1) is 5.69 Å². The first-order valence-electron chi connectivity index (χ1n) is 3.61. The van der Waals surface area contributed by atoms with Crippen molar-refractivity contribution in [2.24, 2.45) is 0 Å². The third-order valence-electron chi connectivity index (χ3n) is 1.99. The van der Waals surface area contributed by atoms with Crippen LogP contribution in [0.2, 0.25) is 0 Å². The summed E-state index contributed by atoms with van der Waals surface area (Å²) in [5.74, 6) is -0.145. The van der Waals surface area contributed by atoms with Gasteiger partial charge in [-0.3, -0.25) is 0 Å². The second kappa shape index (κ2) is 2.12. The second-order valence-corrected chi connectivity index (χ2v) is 2.69. The molecule has 11 heavy (non-hydrogen) atoms. The van der Waals surface area contributed by atoms with E-state index >= 15 is 0 Å². The first-order valence-corrected chi connectivity index (χ1v) is 3.61. The van der Waals surface area contributed by atoms with Gasteiger partial charge >= 0.3 is 5.97 Å². The molecule has 0 saturated carbocycles. The summed E-state index contributed by atoms with van der Waals surface area (Å²) < 4.78 is 6.85. The predicted molar refractivity (Wildman–Crippen MR) is 38.9 cm³/mol. The molecule has 1 atom stereocenters. The first-order chi connectivity index (χ1) is 5.29. The Morgan fingerprint density at radius 3 is 3.36 bits per heavy atom. The minimum atomic E-state index is -0.159. The fourth-order valence-electron chi connectivity index (χ4n) is 1.31. The molecule has 0 aliphatic carbocycles.